The topological polar surface area (TPSA) is 71.4 Å². The van der Waals surface area contributed by atoms with Crippen molar-refractivity contribution < 1.29 is 19.5 Å². The van der Waals surface area contributed by atoms with E-state index in [1.807, 2.05) is 55.5 Å². The van der Waals surface area contributed by atoms with Crippen LogP contribution in [0.2, 0.25) is 0 Å². The highest BCUT2D eigenvalue weighted by atomic mass is 16.4. The Bertz CT molecular complexity index is 702. The molecule has 0 amide bonds. The van der Waals surface area contributed by atoms with Gasteiger partial charge >= 0.3 is 5.97 Å². The van der Waals surface area contributed by atoms with Gasteiger partial charge in [0, 0.05) is 24.7 Å². The molecule has 2 rings (SSSR count). The molecule has 0 aromatic heterocycles. The van der Waals surface area contributed by atoms with Crippen LogP contribution in [0.3, 0.4) is 0 Å². The average Bonchev–Trinajstić information content (AvgIpc) is 3.02. The number of carbonyl (C=O) groups is 3. The second kappa shape index (κ2) is 10.6. The van der Waals surface area contributed by atoms with Gasteiger partial charge < -0.3 is 5.11 Å². The molecule has 4 nitrogen and oxygen atoms in total. The summed E-state index contributed by atoms with van der Waals surface area (Å²) in [5.74, 6) is -0.627. The van der Waals surface area contributed by atoms with Gasteiger partial charge in [0.05, 0.1) is 0 Å². The van der Waals surface area contributed by atoms with Crippen LogP contribution < -0.4 is 0 Å². The number of carbonyl (C=O) groups excluding carboxylic acids is 2. The smallest absolute Gasteiger partial charge is 0.303 e. The van der Waals surface area contributed by atoms with Crippen molar-refractivity contribution in [2.24, 2.45) is 11.8 Å². The number of carboxylic acid groups (broad SMARTS) is 1. The molecule has 3 unspecified atom stereocenters. The summed E-state index contributed by atoms with van der Waals surface area (Å²) in [6.45, 7) is 1.90. The lowest BCUT2D eigenvalue weighted by atomic mass is 9.90. The summed E-state index contributed by atoms with van der Waals surface area (Å²) >= 11 is 0. The average molecular weight is 368 g/mol. The number of benzene rings is 1. The SMILES string of the molecule is CC(C(=O)C=CC1CCC(=O)C1CC=CCCCC(=O)O)c1ccccc1. The first-order valence-corrected chi connectivity index (χ1v) is 9.65. The summed E-state index contributed by atoms with van der Waals surface area (Å²) in [6.07, 6.45) is 11.0. The van der Waals surface area contributed by atoms with E-state index in [2.05, 4.69) is 0 Å². The van der Waals surface area contributed by atoms with E-state index in [4.69, 9.17) is 5.11 Å². The lowest BCUT2D eigenvalue weighted by molar-refractivity contribution is -0.137. The lowest BCUT2D eigenvalue weighted by Crippen LogP contribution is -2.13. The molecule has 1 aliphatic rings. The number of rotatable bonds is 10. The summed E-state index contributed by atoms with van der Waals surface area (Å²) in [6, 6.07) is 9.69. The minimum Gasteiger partial charge on any atom is -0.481 e. The van der Waals surface area contributed by atoms with Crippen LogP contribution in [0.4, 0.5) is 0 Å². The van der Waals surface area contributed by atoms with Crippen molar-refractivity contribution in [1.29, 1.82) is 0 Å². The molecule has 0 bridgehead atoms. The zero-order chi connectivity index (χ0) is 19.6. The van der Waals surface area contributed by atoms with Gasteiger partial charge in [0.15, 0.2) is 5.78 Å². The molecule has 1 aromatic rings. The Morgan fingerprint density at radius 2 is 1.96 bits per heavy atom. The fourth-order valence-electron chi connectivity index (χ4n) is 3.47. The van der Waals surface area contributed by atoms with E-state index in [1.165, 1.54) is 0 Å². The largest absolute Gasteiger partial charge is 0.481 e. The minimum absolute atomic E-state index is 0.0588. The molecule has 1 aromatic carbocycles. The third-order valence-electron chi connectivity index (χ3n) is 5.21. The number of carboxylic acids is 1. The quantitative estimate of drug-likeness (QED) is 0.369. The first-order chi connectivity index (χ1) is 13.0. The first kappa shape index (κ1) is 20.8. The maximum absolute atomic E-state index is 12.4. The third-order valence-corrected chi connectivity index (χ3v) is 5.21. The number of Topliss-reactive ketones (excluding diaryl/α,β-unsaturated/α-hetero) is 1. The Kier molecular flexibility index (Phi) is 8.18. The van der Waals surface area contributed by atoms with Crippen LogP contribution in [0.1, 0.15) is 56.9 Å². The van der Waals surface area contributed by atoms with Gasteiger partial charge in [0.1, 0.15) is 5.78 Å². The van der Waals surface area contributed by atoms with E-state index in [0.29, 0.717) is 25.7 Å². The number of ketones is 2. The molecular weight excluding hydrogens is 340 g/mol. The number of unbranched alkanes of at least 4 members (excludes halogenated alkanes) is 1. The molecular formula is C23H28O4. The summed E-state index contributed by atoms with van der Waals surface area (Å²) in [5.41, 5.74) is 0.996. The number of allylic oxidation sites excluding steroid dienone is 4. The molecule has 0 aliphatic heterocycles. The van der Waals surface area contributed by atoms with E-state index in [-0.39, 0.29) is 35.7 Å². The molecule has 1 N–H and O–H groups in total. The van der Waals surface area contributed by atoms with Crippen molar-refractivity contribution in [3.05, 3.63) is 60.2 Å². The van der Waals surface area contributed by atoms with Crippen LogP contribution in [-0.4, -0.2) is 22.6 Å². The highest BCUT2D eigenvalue weighted by Crippen LogP contribution is 2.33. The van der Waals surface area contributed by atoms with Crippen molar-refractivity contribution in [3.63, 3.8) is 0 Å². The fraction of sp³-hybridized carbons (Fsp3) is 0.435. The number of aliphatic carboxylic acids is 1. The van der Waals surface area contributed by atoms with Crippen LogP contribution >= 0.6 is 0 Å². The van der Waals surface area contributed by atoms with Gasteiger partial charge in [-0.2, -0.15) is 0 Å². The van der Waals surface area contributed by atoms with E-state index in [0.717, 1.165) is 12.0 Å². The van der Waals surface area contributed by atoms with Crippen molar-refractivity contribution in [2.75, 3.05) is 0 Å². The maximum Gasteiger partial charge on any atom is 0.303 e. The molecule has 0 spiro atoms. The lowest BCUT2D eigenvalue weighted by Gasteiger charge is -2.13. The predicted molar refractivity (Wildman–Crippen MR) is 105 cm³/mol. The van der Waals surface area contributed by atoms with Gasteiger partial charge in [-0.1, -0.05) is 55.5 Å². The van der Waals surface area contributed by atoms with Gasteiger partial charge in [-0.25, -0.2) is 0 Å². The van der Waals surface area contributed by atoms with Crippen LogP contribution in [0, 0.1) is 11.8 Å². The number of hydrogen-bond donors (Lipinski definition) is 1. The van der Waals surface area contributed by atoms with E-state index in [9.17, 15) is 14.4 Å². The van der Waals surface area contributed by atoms with Gasteiger partial charge in [-0.15, -0.1) is 0 Å². The fourth-order valence-corrected chi connectivity index (χ4v) is 3.47. The van der Waals surface area contributed by atoms with Crippen molar-refractivity contribution in [3.8, 4) is 0 Å². The Hall–Kier alpha value is -2.49. The Balaban J connectivity index is 1.87. The highest BCUT2D eigenvalue weighted by molar-refractivity contribution is 5.95. The second-order valence-electron chi connectivity index (χ2n) is 7.16. The summed E-state index contributed by atoms with van der Waals surface area (Å²) in [7, 11) is 0. The molecule has 1 aliphatic carbocycles. The molecule has 4 heteroatoms. The second-order valence-corrected chi connectivity index (χ2v) is 7.16. The van der Waals surface area contributed by atoms with Crippen LogP contribution in [0.25, 0.3) is 0 Å². The molecule has 1 fully saturated rings. The van der Waals surface area contributed by atoms with E-state index in [1.54, 1.807) is 6.08 Å². The molecule has 144 valence electrons. The maximum atomic E-state index is 12.4. The number of hydrogen-bond acceptors (Lipinski definition) is 3. The molecule has 3 atom stereocenters. The first-order valence-electron chi connectivity index (χ1n) is 9.65. The normalized spacial score (nSPS) is 21.1. The predicted octanol–water partition coefficient (Wildman–Crippen LogP) is 4.71. The van der Waals surface area contributed by atoms with Crippen LogP contribution in [-0.2, 0) is 14.4 Å². The van der Waals surface area contributed by atoms with Gasteiger partial charge in [0.2, 0.25) is 0 Å². The summed E-state index contributed by atoms with van der Waals surface area (Å²) in [5, 5.41) is 8.62. The van der Waals surface area contributed by atoms with Crippen molar-refractivity contribution in [2.45, 2.75) is 51.4 Å². The highest BCUT2D eigenvalue weighted by Gasteiger charge is 2.32. The van der Waals surface area contributed by atoms with Gasteiger partial charge in [0.25, 0.3) is 0 Å². The Morgan fingerprint density at radius 3 is 2.67 bits per heavy atom. The zero-order valence-electron chi connectivity index (χ0n) is 15.8. The monoisotopic (exact) mass is 368 g/mol. The van der Waals surface area contributed by atoms with Gasteiger partial charge in [-0.05, 0) is 43.2 Å². The molecule has 0 saturated heterocycles. The van der Waals surface area contributed by atoms with Crippen molar-refractivity contribution >= 4 is 17.5 Å². The molecule has 27 heavy (non-hydrogen) atoms. The third kappa shape index (κ3) is 6.63. The Labute approximate surface area is 161 Å². The van der Waals surface area contributed by atoms with Gasteiger partial charge in [-0.3, -0.25) is 14.4 Å². The summed E-state index contributed by atoms with van der Waals surface area (Å²) in [4.78, 5) is 35.1. The minimum atomic E-state index is -0.783. The van der Waals surface area contributed by atoms with Crippen LogP contribution in [0.5, 0.6) is 0 Å². The molecule has 1 saturated carbocycles. The van der Waals surface area contributed by atoms with E-state index < -0.39 is 5.97 Å². The standard InChI is InChI=1S/C23H28O4/c1-17(18-9-5-4-6-10-18)21(24)15-13-19-14-16-22(25)20(19)11-7-2-3-8-12-23(26)27/h2,4-7,9-10,13,15,17,19-20H,3,8,11-12,14,16H2,1H3,(H,26,27). The van der Waals surface area contributed by atoms with Crippen molar-refractivity contribution in [1.82, 2.24) is 0 Å². The molecule has 0 heterocycles. The molecule has 0 radical (unpaired) electrons. The Morgan fingerprint density at radius 1 is 1.22 bits per heavy atom. The zero-order valence-corrected chi connectivity index (χ0v) is 15.8. The van der Waals surface area contributed by atoms with E-state index >= 15 is 0 Å². The van der Waals surface area contributed by atoms with Crippen LogP contribution in [0.15, 0.2) is 54.6 Å². The summed E-state index contributed by atoms with van der Waals surface area (Å²) < 4.78 is 0.